The van der Waals surface area contributed by atoms with E-state index in [1.807, 2.05) is 0 Å². The van der Waals surface area contributed by atoms with Gasteiger partial charge < -0.3 is 9.84 Å². The van der Waals surface area contributed by atoms with Crippen LogP contribution in [-0.4, -0.2) is 21.5 Å². The van der Waals surface area contributed by atoms with Gasteiger partial charge in [0.15, 0.2) is 0 Å². The number of benzene rings is 1. The summed E-state index contributed by atoms with van der Waals surface area (Å²) in [6.07, 6.45) is 0. The second kappa shape index (κ2) is 4.81. The van der Waals surface area contributed by atoms with E-state index in [0.29, 0.717) is 11.3 Å². The van der Waals surface area contributed by atoms with Crippen LogP contribution < -0.4 is 4.74 Å². The normalized spacial score (nSPS) is 10.9. The van der Waals surface area contributed by atoms with Crippen molar-refractivity contribution in [2.24, 2.45) is 7.05 Å². The fourth-order valence-electron chi connectivity index (χ4n) is 1.57. The van der Waals surface area contributed by atoms with Crippen molar-refractivity contribution < 1.29 is 18.6 Å². The summed E-state index contributed by atoms with van der Waals surface area (Å²) in [5.74, 6) is -0.224. The number of ether oxygens (including phenoxy) is 1. The molecule has 0 bridgehead atoms. The molecule has 1 N–H and O–H groups in total. The van der Waals surface area contributed by atoms with Crippen LogP contribution in [0.5, 0.6) is 11.6 Å². The predicted octanol–water partition coefficient (Wildman–Crippen LogP) is 3.05. The molecule has 18 heavy (non-hydrogen) atoms. The van der Waals surface area contributed by atoms with Gasteiger partial charge in [-0.1, -0.05) is 11.6 Å². The maximum Gasteiger partial charge on any atom is 0.388 e. The molecule has 1 heterocycles. The number of nitrogens with zero attached hydrogens (tertiary/aromatic N) is 2. The lowest BCUT2D eigenvalue weighted by Crippen LogP contribution is -2.03. The molecule has 0 saturated heterocycles. The number of hydrogen-bond acceptors (Lipinski definition) is 3. The molecule has 4 nitrogen and oxygen atoms in total. The monoisotopic (exact) mass is 274 g/mol. The van der Waals surface area contributed by atoms with E-state index in [9.17, 15) is 13.9 Å². The van der Waals surface area contributed by atoms with Crippen LogP contribution >= 0.6 is 11.6 Å². The zero-order valence-corrected chi connectivity index (χ0v) is 10.0. The van der Waals surface area contributed by atoms with Crippen molar-refractivity contribution in [2.75, 3.05) is 0 Å². The lowest BCUT2D eigenvalue weighted by molar-refractivity contribution is -0.0530. The molecule has 0 saturated carbocycles. The molecule has 2 rings (SSSR count). The summed E-state index contributed by atoms with van der Waals surface area (Å²) in [6.45, 7) is -2.98. The number of alkyl halides is 2. The van der Waals surface area contributed by atoms with E-state index >= 15 is 0 Å². The maximum absolute atomic E-state index is 12.1. The number of rotatable bonds is 3. The first-order valence-corrected chi connectivity index (χ1v) is 5.33. The molecule has 0 fully saturated rings. The Morgan fingerprint density at radius 2 is 1.94 bits per heavy atom. The Bertz CT molecular complexity index is 555. The average molecular weight is 275 g/mol. The summed E-state index contributed by atoms with van der Waals surface area (Å²) in [5.41, 5.74) is 1.07. The van der Waals surface area contributed by atoms with Gasteiger partial charge >= 0.3 is 6.61 Å². The Hall–Kier alpha value is -1.82. The van der Waals surface area contributed by atoms with Crippen molar-refractivity contribution in [1.82, 2.24) is 9.78 Å². The minimum absolute atomic E-state index is 0.00323. The largest absolute Gasteiger partial charge is 0.508 e. The van der Waals surface area contributed by atoms with Crippen LogP contribution in [0.2, 0.25) is 5.02 Å². The van der Waals surface area contributed by atoms with Gasteiger partial charge in [-0.05, 0) is 24.3 Å². The molecule has 7 heteroatoms. The second-order valence-electron chi connectivity index (χ2n) is 3.52. The van der Waals surface area contributed by atoms with Crippen LogP contribution in [0.4, 0.5) is 8.78 Å². The molecule has 0 spiro atoms. The van der Waals surface area contributed by atoms with Crippen molar-refractivity contribution >= 4 is 11.6 Å². The van der Waals surface area contributed by atoms with Crippen molar-refractivity contribution in [3.63, 3.8) is 0 Å². The smallest absolute Gasteiger partial charge is 0.388 e. The van der Waals surface area contributed by atoms with Gasteiger partial charge in [0.25, 0.3) is 5.88 Å². The Morgan fingerprint density at radius 3 is 2.50 bits per heavy atom. The lowest BCUT2D eigenvalue weighted by Gasteiger charge is -2.02. The predicted molar refractivity (Wildman–Crippen MR) is 62.0 cm³/mol. The first-order valence-electron chi connectivity index (χ1n) is 4.95. The van der Waals surface area contributed by atoms with E-state index in [0.717, 1.165) is 0 Å². The van der Waals surface area contributed by atoms with Crippen LogP contribution in [0.15, 0.2) is 24.3 Å². The summed E-state index contributed by atoms with van der Waals surface area (Å²) in [4.78, 5) is 0. The number of halogens is 3. The molecule has 0 aliphatic carbocycles. The number of hydrogen-bond donors (Lipinski definition) is 1. The molecule has 0 aliphatic heterocycles. The van der Waals surface area contributed by atoms with Crippen LogP contribution in [0, 0.1) is 0 Å². The van der Waals surface area contributed by atoms with Gasteiger partial charge in [0.05, 0.1) is 5.69 Å². The summed E-state index contributed by atoms with van der Waals surface area (Å²) < 4.78 is 29.8. The Morgan fingerprint density at radius 1 is 1.33 bits per heavy atom. The van der Waals surface area contributed by atoms with Crippen molar-refractivity contribution in [3.05, 3.63) is 29.3 Å². The van der Waals surface area contributed by atoms with Crippen molar-refractivity contribution in [3.8, 4) is 22.9 Å². The van der Waals surface area contributed by atoms with Crippen LogP contribution in [0.25, 0.3) is 11.3 Å². The van der Waals surface area contributed by atoms with E-state index in [-0.39, 0.29) is 16.7 Å². The van der Waals surface area contributed by atoms with E-state index in [1.54, 1.807) is 19.2 Å². The van der Waals surface area contributed by atoms with Gasteiger partial charge in [0, 0.05) is 12.6 Å². The van der Waals surface area contributed by atoms with Gasteiger partial charge in [0.1, 0.15) is 10.8 Å². The number of phenols is 1. The molecule has 0 unspecified atom stereocenters. The highest BCUT2D eigenvalue weighted by Gasteiger charge is 2.19. The fraction of sp³-hybridized carbons (Fsp3) is 0.182. The number of aromatic nitrogens is 2. The second-order valence-corrected chi connectivity index (χ2v) is 3.89. The first kappa shape index (κ1) is 12.6. The highest BCUT2D eigenvalue weighted by molar-refractivity contribution is 6.34. The molecular formula is C11H9ClF2N2O2. The third-order valence-electron chi connectivity index (χ3n) is 2.30. The van der Waals surface area contributed by atoms with Gasteiger partial charge in [-0.3, -0.25) is 4.68 Å². The van der Waals surface area contributed by atoms with Crippen molar-refractivity contribution in [2.45, 2.75) is 6.61 Å². The molecule has 1 aromatic carbocycles. The molecule has 0 radical (unpaired) electrons. The number of phenolic OH excluding ortho intramolecular Hbond substituents is 1. The first-order chi connectivity index (χ1) is 8.49. The van der Waals surface area contributed by atoms with E-state index in [4.69, 9.17) is 11.6 Å². The maximum atomic E-state index is 12.1. The summed E-state index contributed by atoms with van der Waals surface area (Å²) in [5, 5.41) is 13.0. The molecule has 0 atom stereocenters. The SMILES string of the molecule is Cn1nc(OC(F)F)c(Cl)c1-c1ccc(O)cc1. The minimum atomic E-state index is -2.98. The molecule has 2 aromatic rings. The van der Waals surface area contributed by atoms with Crippen LogP contribution in [-0.2, 0) is 7.05 Å². The molecular weight excluding hydrogens is 266 g/mol. The molecule has 0 aliphatic rings. The third kappa shape index (κ3) is 2.38. The summed E-state index contributed by atoms with van der Waals surface area (Å²) in [7, 11) is 1.56. The fourth-order valence-corrected chi connectivity index (χ4v) is 1.88. The molecule has 1 aromatic heterocycles. The van der Waals surface area contributed by atoms with E-state index < -0.39 is 6.61 Å². The molecule has 0 amide bonds. The Balaban J connectivity index is 2.45. The standard InChI is InChI=1S/C11H9ClF2N2O2/c1-16-9(6-2-4-7(17)5-3-6)8(12)10(15-16)18-11(13)14/h2-5,11,17H,1H3. The third-order valence-corrected chi connectivity index (χ3v) is 2.64. The van der Waals surface area contributed by atoms with Gasteiger partial charge in [-0.2, -0.15) is 8.78 Å². The van der Waals surface area contributed by atoms with Gasteiger partial charge in [-0.25, -0.2) is 0 Å². The van der Waals surface area contributed by atoms with Gasteiger partial charge in [0.2, 0.25) is 0 Å². The summed E-state index contributed by atoms with van der Waals surface area (Å²) in [6, 6.07) is 6.13. The Labute approximate surface area is 106 Å². The number of aromatic hydroxyl groups is 1. The van der Waals surface area contributed by atoms with Crippen LogP contribution in [0.3, 0.4) is 0 Å². The van der Waals surface area contributed by atoms with Crippen LogP contribution in [0.1, 0.15) is 0 Å². The van der Waals surface area contributed by atoms with E-state index in [2.05, 4.69) is 9.84 Å². The highest BCUT2D eigenvalue weighted by atomic mass is 35.5. The zero-order chi connectivity index (χ0) is 13.3. The average Bonchev–Trinajstić information content (AvgIpc) is 2.55. The zero-order valence-electron chi connectivity index (χ0n) is 9.27. The topological polar surface area (TPSA) is 47.3 Å². The highest BCUT2D eigenvalue weighted by Crippen LogP contribution is 2.35. The number of aryl methyl sites for hydroxylation is 1. The van der Waals surface area contributed by atoms with Gasteiger partial charge in [-0.15, -0.1) is 5.10 Å². The lowest BCUT2D eigenvalue weighted by atomic mass is 10.1. The minimum Gasteiger partial charge on any atom is -0.508 e. The molecule has 96 valence electrons. The van der Waals surface area contributed by atoms with Crippen molar-refractivity contribution in [1.29, 1.82) is 0 Å². The quantitative estimate of drug-likeness (QED) is 0.936. The van der Waals surface area contributed by atoms with E-state index in [1.165, 1.54) is 16.8 Å². The Kier molecular flexibility index (Phi) is 3.38. The summed E-state index contributed by atoms with van der Waals surface area (Å²) >= 11 is 5.94.